The maximum Gasteiger partial charge on any atom is 0.329 e. The Morgan fingerprint density at radius 3 is 2.18 bits per heavy atom. The largest absolute Gasteiger partial charge is 0.467 e. The number of carbonyl (C=O) groups excluding carboxylic acids is 4. The molecule has 0 radical (unpaired) electrons. The smallest absolute Gasteiger partial charge is 0.329 e. The monoisotopic (exact) mass is 462 g/mol. The first kappa shape index (κ1) is 24.0. The van der Waals surface area contributed by atoms with Crippen molar-refractivity contribution in [2.75, 3.05) is 20.3 Å². The second-order valence-electron chi connectivity index (χ2n) is 11.2. The molecule has 0 aromatic heterocycles. The molecule has 2 amide bonds. The first-order valence-corrected chi connectivity index (χ1v) is 12.6. The fourth-order valence-electron chi connectivity index (χ4n) is 7.23. The zero-order chi connectivity index (χ0) is 23.8. The molecule has 2 atom stereocenters. The zero-order valence-electron chi connectivity index (χ0n) is 20.1. The molecule has 0 spiro atoms. The Hall–Kier alpha value is -2.12. The minimum atomic E-state index is -0.776. The summed E-state index contributed by atoms with van der Waals surface area (Å²) in [6.07, 6.45) is 8.43. The highest BCUT2D eigenvalue weighted by molar-refractivity contribution is 5.90. The minimum absolute atomic E-state index is 0.133. The Bertz CT molecular complexity index is 758. The number of likely N-dealkylation sites (tertiary alicyclic amines) is 1. The van der Waals surface area contributed by atoms with Crippen LogP contribution in [0.25, 0.3) is 0 Å². The summed E-state index contributed by atoms with van der Waals surface area (Å²) < 4.78 is 10.1. The van der Waals surface area contributed by atoms with Crippen LogP contribution in [-0.4, -0.2) is 61.0 Å². The first-order chi connectivity index (χ1) is 15.7. The standard InChI is InChI=1S/C25H38N2O6/c1-15(2)7-19(22(29)32-3)26-21(28)14-33-23(30)20-5-4-6-27(20)24(31)25-11-16-8-17(12-25)10-18(9-16)13-25/h15-20H,4-14H2,1-3H3,(H,26,28). The molecule has 0 aromatic carbocycles. The number of hydrogen-bond acceptors (Lipinski definition) is 6. The van der Waals surface area contributed by atoms with Gasteiger partial charge in [0.15, 0.2) is 6.61 Å². The summed E-state index contributed by atoms with van der Waals surface area (Å²) in [5.74, 6) is 0.691. The van der Waals surface area contributed by atoms with Gasteiger partial charge in [0, 0.05) is 6.54 Å². The predicted molar refractivity (Wildman–Crippen MR) is 120 cm³/mol. The average Bonchev–Trinajstić information content (AvgIpc) is 3.24. The molecular formula is C25H38N2O6. The van der Waals surface area contributed by atoms with Gasteiger partial charge in [0.05, 0.1) is 12.5 Å². The summed E-state index contributed by atoms with van der Waals surface area (Å²) in [5, 5.41) is 2.60. The SMILES string of the molecule is COC(=O)C(CC(C)C)NC(=O)COC(=O)C1CCCN1C(=O)C12CC3CC(CC(C3)C1)C2. The van der Waals surface area contributed by atoms with E-state index in [-0.39, 0.29) is 17.2 Å². The Balaban J connectivity index is 1.33. The quantitative estimate of drug-likeness (QED) is 0.556. The summed E-state index contributed by atoms with van der Waals surface area (Å²) in [4.78, 5) is 52.6. The van der Waals surface area contributed by atoms with E-state index in [4.69, 9.17) is 9.47 Å². The fourth-order valence-corrected chi connectivity index (χ4v) is 7.23. The molecule has 184 valence electrons. The van der Waals surface area contributed by atoms with Gasteiger partial charge in [-0.15, -0.1) is 0 Å². The van der Waals surface area contributed by atoms with Gasteiger partial charge in [-0.05, 0) is 81.5 Å². The van der Waals surface area contributed by atoms with Crippen molar-refractivity contribution < 1.29 is 28.7 Å². The summed E-state index contributed by atoms with van der Waals surface area (Å²) in [5.41, 5.74) is -0.292. The molecule has 1 N–H and O–H groups in total. The van der Waals surface area contributed by atoms with Crippen LogP contribution >= 0.6 is 0 Å². The first-order valence-electron chi connectivity index (χ1n) is 12.6. The number of ether oxygens (including phenoxy) is 2. The number of methoxy groups -OCH3 is 1. The third-order valence-corrected chi connectivity index (χ3v) is 8.15. The number of hydrogen-bond donors (Lipinski definition) is 1. The molecule has 1 heterocycles. The normalized spacial score (nSPS) is 33.2. The molecule has 0 aromatic rings. The molecule has 1 saturated heterocycles. The highest BCUT2D eigenvalue weighted by Crippen LogP contribution is 2.60. The molecule has 33 heavy (non-hydrogen) atoms. The molecule has 5 rings (SSSR count). The Kier molecular flexibility index (Phi) is 7.01. The predicted octanol–water partition coefficient (Wildman–Crippen LogP) is 2.44. The van der Waals surface area contributed by atoms with Crippen molar-refractivity contribution >= 4 is 23.8 Å². The highest BCUT2D eigenvalue weighted by Gasteiger charge is 2.57. The molecule has 4 saturated carbocycles. The van der Waals surface area contributed by atoms with Gasteiger partial charge in [-0.1, -0.05) is 13.8 Å². The maximum absolute atomic E-state index is 13.7. The third kappa shape index (κ3) is 5.04. The minimum Gasteiger partial charge on any atom is -0.467 e. The molecule has 2 unspecified atom stereocenters. The van der Waals surface area contributed by atoms with E-state index in [0.717, 1.165) is 25.7 Å². The Morgan fingerprint density at radius 1 is 1.03 bits per heavy atom. The van der Waals surface area contributed by atoms with Crippen molar-refractivity contribution in [3.63, 3.8) is 0 Å². The van der Waals surface area contributed by atoms with E-state index in [2.05, 4.69) is 5.32 Å². The van der Waals surface area contributed by atoms with Crippen molar-refractivity contribution in [2.45, 2.75) is 83.7 Å². The highest BCUT2D eigenvalue weighted by atomic mass is 16.5. The second-order valence-corrected chi connectivity index (χ2v) is 11.2. The van der Waals surface area contributed by atoms with Crippen LogP contribution in [0.2, 0.25) is 0 Å². The van der Waals surface area contributed by atoms with Crippen LogP contribution in [0.15, 0.2) is 0 Å². The molecule has 8 nitrogen and oxygen atoms in total. The molecular weight excluding hydrogens is 424 g/mol. The lowest BCUT2D eigenvalue weighted by Crippen LogP contribution is -2.56. The van der Waals surface area contributed by atoms with E-state index in [1.165, 1.54) is 26.4 Å². The van der Waals surface area contributed by atoms with Gasteiger partial charge >= 0.3 is 11.9 Å². The lowest BCUT2D eigenvalue weighted by Gasteiger charge is -2.56. The molecule has 5 aliphatic rings. The molecule has 8 heteroatoms. The molecule has 5 fully saturated rings. The van der Waals surface area contributed by atoms with Crippen molar-refractivity contribution in [3.8, 4) is 0 Å². The number of carbonyl (C=O) groups is 4. The van der Waals surface area contributed by atoms with E-state index in [9.17, 15) is 19.2 Å². The van der Waals surface area contributed by atoms with E-state index >= 15 is 0 Å². The van der Waals surface area contributed by atoms with Crippen LogP contribution in [0.4, 0.5) is 0 Å². The third-order valence-electron chi connectivity index (χ3n) is 8.15. The summed E-state index contributed by atoms with van der Waals surface area (Å²) >= 11 is 0. The molecule has 4 bridgehead atoms. The summed E-state index contributed by atoms with van der Waals surface area (Å²) in [6.45, 7) is 3.99. The van der Waals surface area contributed by atoms with Crippen LogP contribution in [0.5, 0.6) is 0 Å². The van der Waals surface area contributed by atoms with E-state index in [0.29, 0.717) is 37.1 Å². The average molecular weight is 463 g/mol. The fraction of sp³-hybridized carbons (Fsp3) is 0.840. The van der Waals surface area contributed by atoms with E-state index in [1.54, 1.807) is 4.90 Å². The van der Waals surface area contributed by atoms with Crippen molar-refractivity contribution in [1.29, 1.82) is 0 Å². The van der Waals surface area contributed by atoms with Crippen molar-refractivity contribution in [1.82, 2.24) is 10.2 Å². The molecule has 4 aliphatic carbocycles. The van der Waals surface area contributed by atoms with Crippen LogP contribution in [-0.2, 0) is 28.7 Å². The van der Waals surface area contributed by atoms with Gasteiger partial charge < -0.3 is 19.7 Å². The van der Waals surface area contributed by atoms with Gasteiger partial charge in [-0.2, -0.15) is 0 Å². The number of nitrogens with zero attached hydrogens (tertiary/aromatic N) is 1. The van der Waals surface area contributed by atoms with Gasteiger partial charge in [-0.25, -0.2) is 9.59 Å². The lowest BCUT2D eigenvalue weighted by atomic mass is 9.49. The van der Waals surface area contributed by atoms with Gasteiger partial charge in [-0.3, -0.25) is 9.59 Å². The van der Waals surface area contributed by atoms with E-state index in [1.807, 2.05) is 13.8 Å². The van der Waals surface area contributed by atoms with Crippen LogP contribution in [0, 0.1) is 29.1 Å². The number of nitrogens with one attached hydrogen (secondary N) is 1. The Morgan fingerprint density at radius 2 is 1.64 bits per heavy atom. The van der Waals surface area contributed by atoms with Crippen molar-refractivity contribution in [3.05, 3.63) is 0 Å². The maximum atomic E-state index is 13.7. The van der Waals surface area contributed by atoms with Gasteiger partial charge in [0.2, 0.25) is 5.91 Å². The van der Waals surface area contributed by atoms with Crippen LogP contribution < -0.4 is 5.32 Å². The van der Waals surface area contributed by atoms with E-state index < -0.39 is 36.5 Å². The Labute approximate surface area is 196 Å². The summed E-state index contributed by atoms with van der Waals surface area (Å²) in [6, 6.07) is -1.40. The number of rotatable bonds is 8. The van der Waals surface area contributed by atoms with Crippen LogP contribution in [0.3, 0.4) is 0 Å². The number of amides is 2. The van der Waals surface area contributed by atoms with Crippen molar-refractivity contribution in [2.24, 2.45) is 29.1 Å². The zero-order valence-corrected chi connectivity index (χ0v) is 20.1. The van der Waals surface area contributed by atoms with Gasteiger partial charge in [0.25, 0.3) is 5.91 Å². The topological polar surface area (TPSA) is 102 Å². The summed E-state index contributed by atoms with van der Waals surface area (Å²) in [7, 11) is 1.28. The van der Waals surface area contributed by atoms with Crippen LogP contribution in [0.1, 0.15) is 71.6 Å². The molecule has 1 aliphatic heterocycles. The van der Waals surface area contributed by atoms with Gasteiger partial charge in [0.1, 0.15) is 12.1 Å². The lowest BCUT2D eigenvalue weighted by molar-refractivity contribution is -0.166. The second kappa shape index (κ2) is 9.63. The number of esters is 2.